The number of nitrogens with zero attached hydrogens (tertiary/aromatic N) is 2. The molecule has 5 aromatic rings. The van der Waals surface area contributed by atoms with Crippen molar-refractivity contribution in [1.29, 1.82) is 0 Å². The van der Waals surface area contributed by atoms with E-state index in [2.05, 4.69) is 0 Å². The Morgan fingerprint density at radius 2 is 1.33 bits per heavy atom. The van der Waals surface area contributed by atoms with Gasteiger partial charge in [-0.1, -0.05) is 84.9 Å². The average molecular weight is 431 g/mol. The number of carbonyl (C=O) groups excluding carboxylic acids is 1. The summed E-state index contributed by atoms with van der Waals surface area (Å²) in [4.78, 5) is 17.3. The van der Waals surface area contributed by atoms with Gasteiger partial charge in [-0.15, -0.1) is 0 Å². The number of aliphatic imine (C=N–C) groups is 1. The van der Waals surface area contributed by atoms with Crippen molar-refractivity contribution in [2.45, 2.75) is 0 Å². The average Bonchev–Trinajstić information content (AvgIpc) is 3.15. The van der Waals surface area contributed by atoms with Crippen LogP contribution < -0.4 is 4.74 Å². The SMILES string of the molecule is Cn1c(C=O)c(N=C(c2ccccc2)c2ccccc2)c2c(Oc3ccccc3)cccc21. The lowest BCUT2D eigenvalue weighted by molar-refractivity contribution is 0.111. The van der Waals surface area contributed by atoms with Crippen molar-refractivity contribution in [3.8, 4) is 11.5 Å². The van der Waals surface area contributed by atoms with Gasteiger partial charge in [0.15, 0.2) is 6.29 Å². The second kappa shape index (κ2) is 8.97. The van der Waals surface area contributed by atoms with Crippen molar-refractivity contribution >= 4 is 28.6 Å². The Bertz CT molecular complexity index is 1400. The molecule has 0 N–H and O–H groups in total. The molecule has 4 nitrogen and oxygen atoms in total. The molecule has 4 heteroatoms. The number of hydrogen-bond acceptors (Lipinski definition) is 3. The Kier molecular flexibility index (Phi) is 5.56. The van der Waals surface area contributed by atoms with Crippen molar-refractivity contribution in [1.82, 2.24) is 4.57 Å². The van der Waals surface area contributed by atoms with E-state index in [0.29, 0.717) is 17.1 Å². The predicted octanol–water partition coefficient (Wildman–Crippen LogP) is 6.95. The van der Waals surface area contributed by atoms with Crippen LogP contribution in [0, 0.1) is 0 Å². The zero-order chi connectivity index (χ0) is 22.6. The molecule has 0 atom stereocenters. The monoisotopic (exact) mass is 430 g/mol. The van der Waals surface area contributed by atoms with Gasteiger partial charge in [0.2, 0.25) is 0 Å². The summed E-state index contributed by atoms with van der Waals surface area (Å²) in [5, 5.41) is 0.801. The van der Waals surface area contributed by atoms with Crippen LogP contribution >= 0.6 is 0 Å². The van der Waals surface area contributed by atoms with E-state index in [-0.39, 0.29) is 0 Å². The van der Waals surface area contributed by atoms with Crippen LogP contribution in [-0.2, 0) is 7.05 Å². The Labute approximate surface area is 192 Å². The summed E-state index contributed by atoms with van der Waals surface area (Å²) in [5.41, 5.74) is 4.71. The fourth-order valence-electron chi connectivity index (χ4n) is 4.00. The third kappa shape index (κ3) is 3.94. The van der Waals surface area contributed by atoms with E-state index in [9.17, 15) is 4.79 Å². The van der Waals surface area contributed by atoms with Crippen LogP contribution in [0.2, 0.25) is 0 Å². The van der Waals surface area contributed by atoms with Gasteiger partial charge >= 0.3 is 0 Å². The molecule has 0 aliphatic rings. The van der Waals surface area contributed by atoms with Crippen molar-refractivity contribution in [2.75, 3.05) is 0 Å². The predicted molar refractivity (Wildman–Crippen MR) is 133 cm³/mol. The fourth-order valence-corrected chi connectivity index (χ4v) is 4.00. The standard InChI is InChI=1S/C29H22N2O2/c1-31-24-18-11-19-26(33-23-16-9-4-10-17-23)27(24)29(25(31)20-32)30-28(21-12-5-2-6-13-21)22-14-7-3-8-15-22/h2-20H,1H3. The summed E-state index contributed by atoms with van der Waals surface area (Å²) in [6.07, 6.45) is 0.860. The molecule has 0 saturated heterocycles. The van der Waals surface area contributed by atoms with E-state index >= 15 is 0 Å². The van der Waals surface area contributed by atoms with Gasteiger partial charge in [0.1, 0.15) is 22.9 Å². The van der Waals surface area contributed by atoms with Gasteiger partial charge in [-0.05, 0) is 24.3 Å². The van der Waals surface area contributed by atoms with Crippen LogP contribution in [0.3, 0.4) is 0 Å². The number of rotatable bonds is 6. The van der Waals surface area contributed by atoms with Crippen LogP contribution in [-0.4, -0.2) is 16.6 Å². The minimum absolute atomic E-state index is 0.499. The number of hydrogen-bond donors (Lipinski definition) is 0. The second-order valence-corrected chi connectivity index (χ2v) is 7.67. The Hall–Kier alpha value is -4.44. The highest BCUT2D eigenvalue weighted by atomic mass is 16.5. The molecule has 0 unspecified atom stereocenters. The second-order valence-electron chi connectivity index (χ2n) is 7.67. The first kappa shape index (κ1) is 20.5. The van der Waals surface area contributed by atoms with Gasteiger partial charge in [-0.3, -0.25) is 4.79 Å². The topological polar surface area (TPSA) is 43.6 Å². The number of benzene rings is 4. The molecule has 0 bridgehead atoms. The van der Waals surface area contributed by atoms with E-state index in [1.807, 2.05) is 121 Å². The minimum atomic E-state index is 0.499. The lowest BCUT2D eigenvalue weighted by Gasteiger charge is -2.10. The Morgan fingerprint density at radius 3 is 1.91 bits per heavy atom. The third-order valence-electron chi connectivity index (χ3n) is 5.61. The normalized spacial score (nSPS) is 10.7. The van der Waals surface area contributed by atoms with E-state index in [4.69, 9.17) is 9.73 Å². The fraction of sp³-hybridized carbons (Fsp3) is 0.0345. The molecule has 4 aromatic carbocycles. The summed E-state index contributed by atoms with van der Waals surface area (Å²) >= 11 is 0. The number of ether oxygens (including phenoxy) is 1. The highest BCUT2D eigenvalue weighted by Crippen LogP contribution is 2.40. The van der Waals surface area contributed by atoms with Gasteiger partial charge in [0.05, 0.1) is 16.6 Å². The van der Waals surface area contributed by atoms with Crippen molar-refractivity contribution in [3.63, 3.8) is 0 Å². The summed E-state index contributed by atoms with van der Waals surface area (Å²) < 4.78 is 8.11. The van der Waals surface area contributed by atoms with Gasteiger partial charge in [-0.2, -0.15) is 0 Å². The number of aldehydes is 1. The van der Waals surface area contributed by atoms with Crippen LogP contribution in [0.5, 0.6) is 11.5 Å². The molecule has 1 aromatic heterocycles. The molecule has 0 aliphatic carbocycles. The highest BCUT2D eigenvalue weighted by Gasteiger charge is 2.20. The number of para-hydroxylation sites is 1. The molecule has 0 fully saturated rings. The molecular weight excluding hydrogens is 408 g/mol. The maximum Gasteiger partial charge on any atom is 0.168 e. The third-order valence-corrected chi connectivity index (χ3v) is 5.61. The molecule has 0 spiro atoms. The van der Waals surface area contributed by atoms with E-state index in [1.54, 1.807) is 0 Å². The molecular formula is C29H22N2O2. The van der Waals surface area contributed by atoms with Crippen LogP contribution in [0.25, 0.3) is 10.9 Å². The number of aromatic nitrogens is 1. The molecule has 1 heterocycles. The summed E-state index contributed by atoms with van der Waals surface area (Å²) in [5.74, 6) is 1.38. The summed E-state index contributed by atoms with van der Waals surface area (Å²) in [7, 11) is 1.88. The van der Waals surface area contributed by atoms with Gasteiger partial charge < -0.3 is 9.30 Å². The maximum atomic E-state index is 12.2. The molecule has 0 aliphatic heterocycles. The zero-order valence-corrected chi connectivity index (χ0v) is 18.2. The largest absolute Gasteiger partial charge is 0.457 e. The van der Waals surface area contributed by atoms with E-state index in [0.717, 1.165) is 39.8 Å². The Morgan fingerprint density at radius 1 is 0.758 bits per heavy atom. The number of carbonyl (C=O) groups is 1. The van der Waals surface area contributed by atoms with E-state index in [1.165, 1.54) is 0 Å². The maximum absolute atomic E-state index is 12.2. The number of fused-ring (bicyclic) bond motifs is 1. The summed E-state index contributed by atoms with van der Waals surface area (Å²) in [6.45, 7) is 0. The lowest BCUT2D eigenvalue weighted by Crippen LogP contribution is -2.03. The smallest absolute Gasteiger partial charge is 0.168 e. The molecule has 0 saturated carbocycles. The van der Waals surface area contributed by atoms with Crippen molar-refractivity contribution < 1.29 is 9.53 Å². The van der Waals surface area contributed by atoms with Crippen LogP contribution in [0.1, 0.15) is 21.6 Å². The van der Waals surface area contributed by atoms with E-state index < -0.39 is 0 Å². The molecule has 160 valence electrons. The van der Waals surface area contributed by atoms with Crippen LogP contribution in [0.4, 0.5) is 5.69 Å². The summed E-state index contributed by atoms with van der Waals surface area (Å²) in [6, 6.07) is 35.5. The first-order chi connectivity index (χ1) is 16.3. The lowest BCUT2D eigenvalue weighted by atomic mass is 10.0. The highest BCUT2D eigenvalue weighted by molar-refractivity contribution is 6.16. The quantitative estimate of drug-likeness (QED) is 0.216. The van der Waals surface area contributed by atoms with Gasteiger partial charge in [-0.25, -0.2) is 4.99 Å². The molecule has 0 amide bonds. The van der Waals surface area contributed by atoms with Gasteiger partial charge in [0.25, 0.3) is 0 Å². The first-order valence-electron chi connectivity index (χ1n) is 10.8. The minimum Gasteiger partial charge on any atom is -0.457 e. The molecule has 0 radical (unpaired) electrons. The van der Waals surface area contributed by atoms with Crippen molar-refractivity contribution in [2.24, 2.45) is 12.0 Å². The zero-order valence-electron chi connectivity index (χ0n) is 18.2. The first-order valence-corrected chi connectivity index (χ1v) is 10.8. The Balaban J connectivity index is 1.79. The van der Waals surface area contributed by atoms with Crippen LogP contribution in [0.15, 0.2) is 114 Å². The number of aryl methyl sites for hydroxylation is 1. The van der Waals surface area contributed by atoms with Crippen molar-refractivity contribution in [3.05, 3.63) is 126 Å². The molecule has 33 heavy (non-hydrogen) atoms. The van der Waals surface area contributed by atoms with Gasteiger partial charge in [0, 0.05) is 18.2 Å². The molecule has 5 rings (SSSR count).